The van der Waals surface area contributed by atoms with Gasteiger partial charge in [0.25, 0.3) is 0 Å². The zero-order valence-corrected chi connectivity index (χ0v) is 14.8. The van der Waals surface area contributed by atoms with Crippen LogP contribution in [0.2, 0.25) is 0 Å². The van der Waals surface area contributed by atoms with Gasteiger partial charge in [-0.3, -0.25) is 0 Å². The van der Waals surface area contributed by atoms with Crippen LogP contribution in [-0.4, -0.2) is 35.2 Å². The lowest BCUT2D eigenvalue weighted by Gasteiger charge is -2.19. The summed E-state index contributed by atoms with van der Waals surface area (Å²) in [6.07, 6.45) is 1.03. The van der Waals surface area contributed by atoms with Crippen LogP contribution in [-0.2, 0) is 19.9 Å². The van der Waals surface area contributed by atoms with Crippen LogP contribution in [0.4, 0.5) is 0 Å². The van der Waals surface area contributed by atoms with Crippen molar-refractivity contribution in [2.75, 3.05) is 12.8 Å². The van der Waals surface area contributed by atoms with Crippen LogP contribution < -0.4 is 10.5 Å². The number of hydrogen-bond donors (Lipinski definition) is 2. The van der Waals surface area contributed by atoms with Crippen molar-refractivity contribution >= 4 is 32.3 Å². The summed E-state index contributed by atoms with van der Waals surface area (Å²) in [7, 11) is -7.26. The van der Waals surface area contributed by atoms with E-state index in [0.29, 0.717) is 5.56 Å². The quantitative estimate of drug-likeness (QED) is 0.812. The van der Waals surface area contributed by atoms with E-state index in [0.717, 1.165) is 12.3 Å². The number of aryl methyl sites for hydroxylation is 1. The lowest BCUT2D eigenvalue weighted by Crippen LogP contribution is -2.45. The Morgan fingerprint density at radius 2 is 1.71 bits per heavy atom. The van der Waals surface area contributed by atoms with Crippen LogP contribution in [0.5, 0.6) is 0 Å². The highest BCUT2D eigenvalue weighted by molar-refractivity contribution is 7.91. The second kappa shape index (κ2) is 6.62. The number of nitrogens with two attached hydrogens (primary N) is 1. The highest BCUT2D eigenvalue weighted by Crippen LogP contribution is 2.20. The molecule has 0 spiro atoms. The number of rotatable bonds is 5. The molecule has 0 unspecified atom stereocenters. The second-order valence-electron chi connectivity index (χ2n) is 5.51. The van der Waals surface area contributed by atoms with Gasteiger partial charge in [-0.25, -0.2) is 21.6 Å². The molecule has 21 heavy (non-hydrogen) atoms. The molecule has 0 saturated heterocycles. The minimum Gasteiger partial charge on any atom is -0.324 e. The summed E-state index contributed by atoms with van der Waals surface area (Å²) in [5.74, 6) is 0. The Bertz CT molecular complexity index is 707. The summed E-state index contributed by atoms with van der Waals surface area (Å²) in [5.41, 5.74) is 5.51. The third-order valence-electron chi connectivity index (χ3n) is 2.60. The third kappa shape index (κ3) is 5.91. The summed E-state index contributed by atoms with van der Waals surface area (Å²) in [5, 5.41) is 0. The molecule has 0 saturated carbocycles. The minimum absolute atomic E-state index is 0. The first-order chi connectivity index (χ1) is 8.83. The van der Waals surface area contributed by atoms with Crippen molar-refractivity contribution in [1.82, 2.24) is 4.72 Å². The van der Waals surface area contributed by atoms with E-state index in [1.165, 1.54) is 12.1 Å². The lowest BCUT2D eigenvalue weighted by molar-refractivity contribution is 0.497. The number of hydrogen-bond acceptors (Lipinski definition) is 5. The summed E-state index contributed by atoms with van der Waals surface area (Å²) in [6.45, 7) is 5.04. The molecule has 122 valence electrons. The van der Waals surface area contributed by atoms with Gasteiger partial charge in [0.2, 0.25) is 10.0 Å². The van der Waals surface area contributed by atoms with Gasteiger partial charge in [-0.05, 0) is 38.5 Å². The van der Waals surface area contributed by atoms with Gasteiger partial charge in [0.15, 0.2) is 9.84 Å². The van der Waals surface area contributed by atoms with Gasteiger partial charge < -0.3 is 5.73 Å². The monoisotopic (exact) mass is 356 g/mol. The van der Waals surface area contributed by atoms with Gasteiger partial charge >= 0.3 is 0 Å². The predicted molar refractivity (Wildman–Crippen MR) is 85.0 cm³/mol. The molecular weight excluding hydrogens is 336 g/mol. The Kier molecular flexibility index (Phi) is 6.41. The number of benzene rings is 1. The molecule has 1 aromatic carbocycles. The highest BCUT2D eigenvalue weighted by atomic mass is 35.5. The average Bonchev–Trinajstić information content (AvgIpc) is 2.24. The van der Waals surface area contributed by atoms with Crippen molar-refractivity contribution in [2.45, 2.75) is 36.1 Å². The molecule has 0 radical (unpaired) electrons. The maximum atomic E-state index is 12.2. The van der Waals surface area contributed by atoms with E-state index in [2.05, 4.69) is 4.72 Å². The van der Waals surface area contributed by atoms with E-state index in [-0.39, 0.29) is 28.7 Å². The summed E-state index contributed by atoms with van der Waals surface area (Å²) >= 11 is 0. The van der Waals surface area contributed by atoms with Gasteiger partial charge in [0.05, 0.1) is 9.79 Å². The fourth-order valence-electron chi connectivity index (χ4n) is 1.46. The molecule has 1 rings (SSSR count). The number of sulfone groups is 1. The summed E-state index contributed by atoms with van der Waals surface area (Å²) < 4.78 is 49.8. The van der Waals surface area contributed by atoms with Gasteiger partial charge in [-0.2, -0.15) is 0 Å². The fourth-order valence-corrected chi connectivity index (χ4v) is 3.67. The SMILES string of the molecule is Cc1ccc(S(C)(=O)=O)cc1S(=O)(=O)NCC(C)(C)N.Cl. The average molecular weight is 357 g/mol. The van der Waals surface area contributed by atoms with E-state index in [9.17, 15) is 16.8 Å². The zero-order chi connectivity index (χ0) is 15.8. The lowest BCUT2D eigenvalue weighted by atomic mass is 10.1. The van der Waals surface area contributed by atoms with E-state index in [1.807, 2.05) is 0 Å². The van der Waals surface area contributed by atoms with Crippen molar-refractivity contribution < 1.29 is 16.8 Å². The first kappa shape index (κ1) is 20.3. The Morgan fingerprint density at radius 3 is 2.14 bits per heavy atom. The number of sulfonamides is 1. The summed E-state index contributed by atoms with van der Waals surface area (Å²) in [6, 6.07) is 4.02. The van der Waals surface area contributed by atoms with Gasteiger partial charge in [-0.15, -0.1) is 12.4 Å². The molecule has 0 aliphatic rings. The first-order valence-corrected chi connectivity index (χ1v) is 9.30. The van der Waals surface area contributed by atoms with Crippen LogP contribution in [0.15, 0.2) is 28.0 Å². The van der Waals surface area contributed by atoms with E-state index in [4.69, 9.17) is 5.73 Å². The van der Waals surface area contributed by atoms with Crippen LogP contribution in [0, 0.1) is 6.92 Å². The predicted octanol–water partition coefficient (Wildman–Crippen LogP) is 0.836. The molecule has 0 amide bonds. The third-order valence-corrected chi connectivity index (χ3v) is 5.25. The molecule has 3 N–H and O–H groups in total. The Morgan fingerprint density at radius 1 is 1.19 bits per heavy atom. The fraction of sp³-hybridized carbons (Fsp3) is 0.500. The minimum atomic E-state index is -3.80. The summed E-state index contributed by atoms with van der Waals surface area (Å²) in [4.78, 5) is -0.0832. The maximum absolute atomic E-state index is 12.2. The molecule has 0 aromatic heterocycles. The van der Waals surface area contributed by atoms with Gasteiger partial charge in [-0.1, -0.05) is 6.07 Å². The highest BCUT2D eigenvalue weighted by Gasteiger charge is 2.22. The van der Waals surface area contributed by atoms with Crippen LogP contribution >= 0.6 is 12.4 Å². The molecule has 9 heteroatoms. The molecule has 0 atom stereocenters. The normalized spacial score (nSPS) is 12.8. The molecule has 0 aliphatic carbocycles. The molecular formula is C12H21ClN2O4S2. The van der Waals surface area contributed by atoms with Crippen LogP contribution in [0.3, 0.4) is 0 Å². The Labute approximate surface area is 132 Å². The van der Waals surface area contributed by atoms with E-state index in [1.54, 1.807) is 20.8 Å². The van der Waals surface area contributed by atoms with Crippen molar-refractivity contribution in [3.63, 3.8) is 0 Å². The molecule has 0 heterocycles. The Hall–Kier alpha value is -0.670. The first-order valence-electron chi connectivity index (χ1n) is 5.92. The molecule has 0 aliphatic heterocycles. The molecule has 1 aromatic rings. The Balaban J connectivity index is 0.00000400. The van der Waals surface area contributed by atoms with Crippen molar-refractivity contribution in [2.24, 2.45) is 5.73 Å². The second-order valence-corrected chi connectivity index (χ2v) is 9.26. The van der Waals surface area contributed by atoms with E-state index < -0.39 is 25.4 Å². The number of nitrogens with one attached hydrogen (secondary N) is 1. The van der Waals surface area contributed by atoms with Crippen LogP contribution in [0.1, 0.15) is 19.4 Å². The van der Waals surface area contributed by atoms with Gasteiger partial charge in [0, 0.05) is 18.3 Å². The van der Waals surface area contributed by atoms with E-state index >= 15 is 0 Å². The maximum Gasteiger partial charge on any atom is 0.240 e. The molecule has 0 fully saturated rings. The van der Waals surface area contributed by atoms with Crippen molar-refractivity contribution in [3.05, 3.63) is 23.8 Å². The molecule has 6 nitrogen and oxygen atoms in total. The smallest absolute Gasteiger partial charge is 0.240 e. The standard InChI is InChI=1S/C12H20N2O4S2.ClH/c1-9-5-6-10(19(4,15)16)7-11(9)20(17,18)14-8-12(2,3)13;/h5-7,14H,8,13H2,1-4H3;1H. The van der Waals surface area contributed by atoms with Crippen molar-refractivity contribution in [1.29, 1.82) is 0 Å². The van der Waals surface area contributed by atoms with Crippen molar-refractivity contribution in [3.8, 4) is 0 Å². The molecule has 0 bridgehead atoms. The van der Waals surface area contributed by atoms with Crippen LogP contribution in [0.25, 0.3) is 0 Å². The zero-order valence-electron chi connectivity index (χ0n) is 12.4. The largest absolute Gasteiger partial charge is 0.324 e. The topological polar surface area (TPSA) is 106 Å². The van der Waals surface area contributed by atoms with Gasteiger partial charge in [0.1, 0.15) is 0 Å². The number of halogens is 1.